The third kappa shape index (κ3) is 2.83. The summed E-state index contributed by atoms with van der Waals surface area (Å²) in [6, 6.07) is 13.2. The van der Waals surface area contributed by atoms with Crippen molar-refractivity contribution in [1.82, 2.24) is 14.8 Å². The number of pyridine rings is 1. The molecule has 0 aliphatic heterocycles. The molecule has 5 rings (SSSR count). The molecule has 0 fully saturated rings. The Bertz CT molecular complexity index is 1360. The van der Waals surface area contributed by atoms with Crippen LogP contribution in [0.25, 0.3) is 22.6 Å². The summed E-state index contributed by atoms with van der Waals surface area (Å²) < 4.78 is 21.6. The van der Waals surface area contributed by atoms with E-state index >= 15 is 0 Å². The molecule has 0 saturated carbocycles. The summed E-state index contributed by atoms with van der Waals surface area (Å²) in [5.41, 5.74) is 3.95. The van der Waals surface area contributed by atoms with Crippen LogP contribution in [-0.4, -0.2) is 25.8 Å². The molecule has 2 aromatic carbocycles. The van der Waals surface area contributed by atoms with E-state index in [1.54, 1.807) is 28.9 Å². The number of nitrogens with zero attached hydrogens (tertiary/aromatic N) is 3. The standard InChI is InChI=1S/C23H16FN3O3/c1-27-22(13-11-16-14(23(28)29)9-10-25-18(16)12-13)15-5-4-8-20(21(15)26-27)30-19-7-3-2-6-17(19)24/h2-10,12H,11H2,1H3,(H,28,29). The van der Waals surface area contributed by atoms with E-state index in [2.05, 4.69) is 10.1 Å². The molecule has 1 aliphatic rings. The van der Waals surface area contributed by atoms with Crippen molar-refractivity contribution in [1.29, 1.82) is 0 Å². The number of para-hydroxylation sites is 1. The molecular weight excluding hydrogens is 385 g/mol. The number of benzene rings is 2. The van der Waals surface area contributed by atoms with Crippen molar-refractivity contribution >= 4 is 28.5 Å². The van der Waals surface area contributed by atoms with Gasteiger partial charge in [0, 0.05) is 25.1 Å². The maximum absolute atomic E-state index is 14.0. The van der Waals surface area contributed by atoms with E-state index in [0.717, 1.165) is 16.7 Å². The molecule has 7 heteroatoms. The smallest absolute Gasteiger partial charge is 0.336 e. The van der Waals surface area contributed by atoms with E-state index in [9.17, 15) is 14.3 Å². The first-order chi connectivity index (χ1) is 14.5. The van der Waals surface area contributed by atoms with Gasteiger partial charge in [-0.1, -0.05) is 24.3 Å². The molecule has 0 spiro atoms. The number of hydrogen-bond acceptors (Lipinski definition) is 4. The highest BCUT2D eigenvalue weighted by Crippen LogP contribution is 2.38. The van der Waals surface area contributed by atoms with Crippen LogP contribution in [0.2, 0.25) is 0 Å². The van der Waals surface area contributed by atoms with Gasteiger partial charge in [-0.15, -0.1) is 0 Å². The Morgan fingerprint density at radius 3 is 2.73 bits per heavy atom. The second-order valence-electron chi connectivity index (χ2n) is 7.03. The van der Waals surface area contributed by atoms with Gasteiger partial charge >= 0.3 is 5.97 Å². The third-order valence-corrected chi connectivity index (χ3v) is 5.19. The van der Waals surface area contributed by atoms with E-state index < -0.39 is 11.8 Å². The normalized spacial score (nSPS) is 12.7. The minimum Gasteiger partial charge on any atom is -0.478 e. The zero-order valence-corrected chi connectivity index (χ0v) is 16.0. The van der Waals surface area contributed by atoms with E-state index in [4.69, 9.17) is 4.74 Å². The Labute approximate surface area is 170 Å². The predicted molar refractivity (Wildman–Crippen MR) is 110 cm³/mol. The van der Waals surface area contributed by atoms with Gasteiger partial charge in [0.25, 0.3) is 0 Å². The monoisotopic (exact) mass is 401 g/mol. The van der Waals surface area contributed by atoms with Crippen LogP contribution in [0.4, 0.5) is 4.39 Å². The molecule has 4 aromatic rings. The highest BCUT2D eigenvalue weighted by molar-refractivity contribution is 6.01. The van der Waals surface area contributed by atoms with Crippen molar-refractivity contribution in [3.63, 3.8) is 0 Å². The molecule has 0 bridgehead atoms. The summed E-state index contributed by atoms with van der Waals surface area (Å²) in [5.74, 6) is -0.856. The van der Waals surface area contributed by atoms with Crippen molar-refractivity contribution in [2.45, 2.75) is 6.42 Å². The van der Waals surface area contributed by atoms with Gasteiger partial charge in [-0.05, 0) is 41.5 Å². The Balaban J connectivity index is 1.59. The minimum absolute atomic E-state index is 0.125. The average molecular weight is 401 g/mol. The van der Waals surface area contributed by atoms with Crippen LogP contribution in [0.15, 0.2) is 54.7 Å². The van der Waals surface area contributed by atoms with Gasteiger partial charge in [0.1, 0.15) is 5.52 Å². The number of aromatic nitrogens is 3. The molecule has 30 heavy (non-hydrogen) atoms. The number of carboxylic acid groups (broad SMARTS) is 1. The molecule has 0 atom stereocenters. The fourth-order valence-electron chi connectivity index (χ4n) is 3.88. The lowest BCUT2D eigenvalue weighted by Crippen LogP contribution is -2.04. The summed E-state index contributed by atoms with van der Waals surface area (Å²) in [5, 5.41) is 14.9. The molecule has 0 amide bonds. The Hall–Kier alpha value is -4.00. The topological polar surface area (TPSA) is 77.2 Å². The first-order valence-corrected chi connectivity index (χ1v) is 9.33. The third-order valence-electron chi connectivity index (χ3n) is 5.19. The highest BCUT2D eigenvalue weighted by atomic mass is 19.1. The SMILES string of the molecule is Cn1nc2c(Oc3ccccc3F)cccc2c1C1=Cc2nccc(C(=O)O)c2C1. The fraction of sp³-hybridized carbons (Fsp3) is 0.0870. The number of aryl methyl sites for hydroxylation is 1. The number of halogens is 1. The largest absolute Gasteiger partial charge is 0.478 e. The molecule has 2 heterocycles. The van der Waals surface area contributed by atoms with Crippen LogP contribution in [0.5, 0.6) is 11.5 Å². The van der Waals surface area contributed by atoms with Crippen molar-refractivity contribution in [3.05, 3.63) is 83.1 Å². The number of hydrogen-bond donors (Lipinski definition) is 1. The Morgan fingerprint density at radius 2 is 1.93 bits per heavy atom. The van der Waals surface area contributed by atoms with Crippen molar-refractivity contribution < 1.29 is 19.0 Å². The molecule has 1 aliphatic carbocycles. The zero-order chi connectivity index (χ0) is 20.8. The number of rotatable bonds is 4. The van der Waals surface area contributed by atoms with Crippen LogP contribution in [0, 0.1) is 5.82 Å². The van der Waals surface area contributed by atoms with Crippen LogP contribution in [0.3, 0.4) is 0 Å². The fourth-order valence-corrected chi connectivity index (χ4v) is 3.88. The number of fused-ring (bicyclic) bond motifs is 2. The lowest BCUT2D eigenvalue weighted by molar-refractivity contribution is 0.0695. The Morgan fingerprint density at radius 1 is 1.13 bits per heavy atom. The van der Waals surface area contributed by atoms with Gasteiger partial charge in [0.05, 0.1) is 17.0 Å². The van der Waals surface area contributed by atoms with Gasteiger partial charge in [-0.3, -0.25) is 9.67 Å². The first kappa shape index (κ1) is 18.1. The van der Waals surface area contributed by atoms with Crippen molar-refractivity contribution in [3.8, 4) is 11.5 Å². The first-order valence-electron chi connectivity index (χ1n) is 9.33. The number of allylic oxidation sites excluding steroid dienone is 1. The second-order valence-corrected chi connectivity index (χ2v) is 7.03. The van der Waals surface area contributed by atoms with Crippen LogP contribution < -0.4 is 4.74 Å². The molecule has 0 unspecified atom stereocenters. The summed E-state index contributed by atoms with van der Waals surface area (Å²) in [6.07, 6.45) is 3.84. The molecule has 148 valence electrons. The van der Waals surface area contributed by atoms with E-state index in [1.807, 2.05) is 25.3 Å². The maximum Gasteiger partial charge on any atom is 0.336 e. The van der Waals surface area contributed by atoms with Crippen LogP contribution >= 0.6 is 0 Å². The number of ether oxygens (including phenoxy) is 1. The summed E-state index contributed by atoms with van der Waals surface area (Å²) in [7, 11) is 1.82. The van der Waals surface area contributed by atoms with Crippen molar-refractivity contribution in [2.24, 2.45) is 7.05 Å². The van der Waals surface area contributed by atoms with E-state index in [-0.39, 0.29) is 11.3 Å². The predicted octanol–water partition coefficient (Wildman–Crippen LogP) is 4.69. The zero-order valence-electron chi connectivity index (χ0n) is 16.0. The van der Waals surface area contributed by atoms with E-state index in [1.165, 1.54) is 18.3 Å². The highest BCUT2D eigenvalue weighted by Gasteiger charge is 2.25. The van der Waals surface area contributed by atoms with Gasteiger partial charge < -0.3 is 9.84 Å². The number of carboxylic acids is 1. The van der Waals surface area contributed by atoms with Gasteiger partial charge in [0.15, 0.2) is 17.3 Å². The molecule has 1 N–H and O–H groups in total. The van der Waals surface area contributed by atoms with E-state index in [0.29, 0.717) is 28.9 Å². The number of carbonyl (C=O) groups is 1. The molecule has 0 saturated heterocycles. The maximum atomic E-state index is 14.0. The van der Waals surface area contributed by atoms with Crippen LogP contribution in [0.1, 0.15) is 27.3 Å². The lowest BCUT2D eigenvalue weighted by atomic mass is 10.0. The quantitative estimate of drug-likeness (QED) is 0.537. The van der Waals surface area contributed by atoms with Crippen LogP contribution in [-0.2, 0) is 13.5 Å². The molecule has 2 aromatic heterocycles. The van der Waals surface area contributed by atoms with Crippen molar-refractivity contribution in [2.75, 3.05) is 0 Å². The summed E-state index contributed by atoms with van der Waals surface area (Å²) in [6.45, 7) is 0. The summed E-state index contributed by atoms with van der Waals surface area (Å²) >= 11 is 0. The average Bonchev–Trinajstić information content (AvgIpc) is 3.29. The molecule has 0 radical (unpaired) electrons. The van der Waals surface area contributed by atoms with Gasteiger partial charge in [0.2, 0.25) is 0 Å². The minimum atomic E-state index is -0.973. The lowest BCUT2D eigenvalue weighted by Gasteiger charge is -2.07. The van der Waals surface area contributed by atoms with Gasteiger partial charge in [-0.2, -0.15) is 5.10 Å². The molecule has 6 nitrogen and oxygen atoms in total. The molecular formula is C23H16FN3O3. The summed E-state index contributed by atoms with van der Waals surface area (Å²) in [4.78, 5) is 15.9. The second kappa shape index (κ2) is 6.81. The Kier molecular flexibility index (Phi) is 4.10. The number of aromatic carboxylic acids is 1. The van der Waals surface area contributed by atoms with Gasteiger partial charge in [-0.25, -0.2) is 9.18 Å².